The van der Waals surface area contributed by atoms with Crippen LogP contribution in [0.2, 0.25) is 5.02 Å². The Morgan fingerprint density at radius 1 is 0.914 bits per heavy atom. The Morgan fingerprint density at radius 3 is 2.22 bits per heavy atom. The maximum atomic E-state index is 13.5. The SMILES string of the molecule is CC1(C)CCc2c(sc(NC(=O)c3cccc(OCCOCCOCCOCCC(=O)NC(CO)(CO)CO)c3)c2C(=O)N/N=C/c2ccc(Cl)c(C(F)(F)F)c2)C1. The standard InChI is InChI=1S/C39H48ClF3N4O10S/c1-37(2)10-8-28-31(20-37)58-36(33(28)35(53)47-44-21-25-6-7-30(40)29(18-25)39(41,42)43)45-34(52)26-4-3-5-27(19-26)57-17-16-56-15-14-55-13-12-54-11-9-32(51)46-38(22-48,23-49)24-50/h3-7,18-19,21,48-50H,8-17,20,22-24H2,1-2H3,(H,45,52)(H,46,51)(H,47,53)/b44-21+. The van der Waals surface area contributed by atoms with Gasteiger partial charge in [-0.3, -0.25) is 14.4 Å². The second kappa shape index (κ2) is 21.7. The molecule has 0 fully saturated rings. The molecule has 1 aliphatic carbocycles. The number of benzene rings is 2. The molecule has 0 unspecified atom stereocenters. The van der Waals surface area contributed by atoms with Crippen LogP contribution in [0.5, 0.6) is 5.75 Å². The maximum absolute atomic E-state index is 13.5. The van der Waals surface area contributed by atoms with Crippen LogP contribution >= 0.6 is 22.9 Å². The molecule has 2 aromatic carbocycles. The Kier molecular flexibility index (Phi) is 17.5. The molecule has 4 rings (SSSR count). The van der Waals surface area contributed by atoms with E-state index in [9.17, 15) is 42.9 Å². The van der Waals surface area contributed by atoms with Crippen molar-refractivity contribution in [1.82, 2.24) is 10.7 Å². The maximum Gasteiger partial charge on any atom is 0.417 e. The summed E-state index contributed by atoms with van der Waals surface area (Å²) in [6.45, 7) is 3.99. The van der Waals surface area contributed by atoms with Crippen LogP contribution in [0.3, 0.4) is 0 Å². The van der Waals surface area contributed by atoms with E-state index in [1.807, 2.05) is 0 Å². The first-order valence-corrected chi connectivity index (χ1v) is 19.6. The van der Waals surface area contributed by atoms with E-state index in [-0.39, 0.29) is 74.8 Å². The number of anilines is 1. The van der Waals surface area contributed by atoms with Crippen molar-refractivity contribution >= 4 is 51.9 Å². The number of alkyl halides is 3. The second-order valence-electron chi connectivity index (χ2n) is 14.2. The highest BCUT2D eigenvalue weighted by Gasteiger charge is 2.34. The summed E-state index contributed by atoms with van der Waals surface area (Å²) in [5.74, 6) is -1.16. The van der Waals surface area contributed by atoms with Gasteiger partial charge in [-0.1, -0.05) is 37.6 Å². The minimum Gasteiger partial charge on any atom is -0.491 e. The number of carbonyl (C=O) groups excluding carboxylic acids is 3. The van der Waals surface area contributed by atoms with E-state index >= 15 is 0 Å². The molecular formula is C39H48ClF3N4O10S. The molecule has 1 aromatic heterocycles. The minimum absolute atomic E-state index is 0.0169. The molecule has 0 spiro atoms. The fourth-order valence-electron chi connectivity index (χ4n) is 5.75. The smallest absolute Gasteiger partial charge is 0.417 e. The topological polar surface area (TPSA) is 197 Å². The third-order valence-electron chi connectivity index (χ3n) is 9.03. The molecule has 318 valence electrons. The number of hydrazone groups is 1. The van der Waals surface area contributed by atoms with Crippen molar-refractivity contribution in [2.45, 2.75) is 51.2 Å². The van der Waals surface area contributed by atoms with E-state index in [4.69, 9.17) is 30.5 Å². The highest BCUT2D eigenvalue weighted by atomic mass is 35.5. The number of fused-ring (bicyclic) bond motifs is 1. The number of ether oxygens (including phenoxy) is 4. The quantitative estimate of drug-likeness (QED) is 0.0472. The third-order valence-corrected chi connectivity index (χ3v) is 10.5. The Balaban J connectivity index is 1.23. The summed E-state index contributed by atoms with van der Waals surface area (Å²) in [6, 6.07) is 9.79. The van der Waals surface area contributed by atoms with Crippen LogP contribution in [0.25, 0.3) is 0 Å². The predicted octanol–water partition coefficient (Wildman–Crippen LogP) is 4.60. The summed E-state index contributed by atoms with van der Waals surface area (Å²) in [7, 11) is 0. The van der Waals surface area contributed by atoms with Crippen LogP contribution < -0.4 is 20.8 Å². The van der Waals surface area contributed by atoms with Crippen molar-refractivity contribution < 1.29 is 61.8 Å². The lowest BCUT2D eigenvalue weighted by molar-refractivity contribution is -0.137. The highest BCUT2D eigenvalue weighted by molar-refractivity contribution is 7.17. The Bertz CT molecular complexity index is 1880. The van der Waals surface area contributed by atoms with Gasteiger partial charge >= 0.3 is 6.18 Å². The number of hydrogen-bond acceptors (Lipinski definition) is 12. The lowest BCUT2D eigenvalue weighted by Crippen LogP contribution is -2.57. The van der Waals surface area contributed by atoms with Gasteiger partial charge in [-0.15, -0.1) is 11.3 Å². The average molecular weight is 857 g/mol. The molecule has 0 aliphatic heterocycles. The number of aliphatic hydroxyl groups is 3. The molecule has 6 N–H and O–H groups in total. The number of nitrogens with zero attached hydrogens (tertiary/aromatic N) is 1. The summed E-state index contributed by atoms with van der Waals surface area (Å²) in [6.07, 6.45) is -1.51. The van der Waals surface area contributed by atoms with Gasteiger partial charge in [-0.05, 0) is 66.1 Å². The number of hydrogen-bond donors (Lipinski definition) is 6. The normalized spacial score (nSPS) is 13.9. The molecule has 19 heteroatoms. The highest BCUT2D eigenvalue weighted by Crippen LogP contribution is 2.44. The molecule has 0 atom stereocenters. The summed E-state index contributed by atoms with van der Waals surface area (Å²) < 4.78 is 62.0. The first-order chi connectivity index (χ1) is 27.6. The van der Waals surface area contributed by atoms with Gasteiger partial charge in [0.15, 0.2) is 0 Å². The third kappa shape index (κ3) is 13.7. The Hall–Kier alpha value is -4.14. The van der Waals surface area contributed by atoms with Crippen molar-refractivity contribution in [3.05, 3.63) is 80.2 Å². The van der Waals surface area contributed by atoms with E-state index in [2.05, 4.69) is 35.0 Å². The van der Waals surface area contributed by atoms with Crippen LogP contribution in [0.4, 0.5) is 18.2 Å². The monoisotopic (exact) mass is 856 g/mol. The zero-order valence-electron chi connectivity index (χ0n) is 32.1. The van der Waals surface area contributed by atoms with Gasteiger partial charge in [0.05, 0.1) is 81.8 Å². The van der Waals surface area contributed by atoms with Gasteiger partial charge in [0.2, 0.25) is 5.91 Å². The van der Waals surface area contributed by atoms with Crippen LogP contribution in [-0.2, 0) is 38.0 Å². The van der Waals surface area contributed by atoms with Gasteiger partial charge in [0, 0.05) is 16.9 Å². The van der Waals surface area contributed by atoms with Gasteiger partial charge in [0.1, 0.15) is 22.9 Å². The molecule has 58 heavy (non-hydrogen) atoms. The Morgan fingerprint density at radius 2 is 1.57 bits per heavy atom. The summed E-state index contributed by atoms with van der Waals surface area (Å²) in [4.78, 5) is 39.9. The van der Waals surface area contributed by atoms with Gasteiger partial charge in [0.25, 0.3) is 11.8 Å². The number of nitrogens with one attached hydrogen (secondary N) is 3. The molecule has 0 saturated carbocycles. The van der Waals surface area contributed by atoms with Gasteiger partial charge < -0.3 is 44.9 Å². The summed E-state index contributed by atoms with van der Waals surface area (Å²) in [5.41, 5.74) is 1.29. The lowest BCUT2D eigenvalue weighted by Gasteiger charge is -2.29. The van der Waals surface area contributed by atoms with E-state index in [1.165, 1.54) is 17.4 Å². The van der Waals surface area contributed by atoms with Crippen molar-refractivity contribution in [1.29, 1.82) is 0 Å². The number of carbonyl (C=O) groups is 3. The second-order valence-corrected chi connectivity index (χ2v) is 15.7. The zero-order valence-corrected chi connectivity index (χ0v) is 33.7. The number of amides is 3. The molecule has 14 nitrogen and oxygen atoms in total. The molecule has 0 saturated heterocycles. The van der Waals surface area contributed by atoms with Gasteiger partial charge in [-0.25, -0.2) is 5.43 Å². The molecule has 0 radical (unpaired) electrons. The van der Waals surface area contributed by atoms with Crippen LogP contribution in [-0.4, -0.2) is 111 Å². The zero-order chi connectivity index (χ0) is 42.3. The largest absolute Gasteiger partial charge is 0.491 e. The fraction of sp³-hybridized carbons (Fsp3) is 0.487. The van der Waals surface area contributed by atoms with Crippen LogP contribution in [0.1, 0.15) is 69.0 Å². The molecule has 3 amide bonds. The molecule has 1 aliphatic rings. The summed E-state index contributed by atoms with van der Waals surface area (Å²) in [5, 5.41) is 36.9. The minimum atomic E-state index is -4.66. The van der Waals surface area contributed by atoms with Crippen molar-refractivity contribution in [2.75, 3.05) is 71.4 Å². The van der Waals surface area contributed by atoms with Crippen LogP contribution in [0, 0.1) is 5.41 Å². The first-order valence-electron chi connectivity index (χ1n) is 18.4. The number of thiophene rings is 1. The number of rotatable bonds is 22. The average Bonchev–Trinajstić information content (AvgIpc) is 3.53. The van der Waals surface area contributed by atoms with Crippen LogP contribution in [0.15, 0.2) is 47.6 Å². The summed E-state index contributed by atoms with van der Waals surface area (Å²) >= 11 is 7.02. The van der Waals surface area contributed by atoms with Crippen molar-refractivity contribution in [3.8, 4) is 5.75 Å². The molecule has 1 heterocycles. The first kappa shape index (κ1) is 46.5. The number of halogens is 4. The van der Waals surface area contributed by atoms with Crippen molar-refractivity contribution in [3.63, 3.8) is 0 Å². The number of aliphatic hydroxyl groups excluding tert-OH is 3. The molecule has 3 aromatic rings. The predicted molar refractivity (Wildman–Crippen MR) is 211 cm³/mol. The van der Waals surface area contributed by atoms with Crippen molar-refractivity contribution in [2.24, 2.45) is 10.5 Å². The molecular weight excluding hydrogens is 809 g/mol. The van der Waals surface area contributed by atoms with E-state index in [1.54, 1.807) is 24.3 Å². The van der Waals surface area contributed by atoms with Gasteiger partial charge in [-0.2, -0.15) is 18.3 Å². The van der Waals surface area contributed by atoms with E-state index in [0.29, 0.717) is 23.6 Å². The lowest BCUT2D eigenvalue weighted by atomic mass is 9.77. The van der Waals surface area contributed by atoms with E-state index < -0.39 is 59.8 Å². The molecule has 0 bridgehead atoms. The van der Waals surface area contributed by atoms with E-state index in [0.717, 1.165) is 35.2 Å². The Labute approximate surface area is 342 Å². The fourth-order valence-corrected chi connectivity index (χ4v) is 7.47.